The van der Waals surface area contributed by atoms with Gasteiger partial charge in [0.15, 0.2) is 0 Å². The molecule has 0 unspecified atom stereocenters. The third-order valence-corrected chi connectivity index (χ3v) is 2.66. The van der Waals surface area contributed by atoms with E-state index < -0.39 is 0 Å². The van der Waals surface area contributed by atoms with Crippen LogP contribution in [0.2, 0.25) is 0 Å². The van der Waals surface area contributed by atoms with E-state index in [1.165, 1.54) is 0 Å². The van der Waals surface area contributed by atoms with Gasteiger partial charge in [0.1, 0.15) is 5.69 Å². The highest BCUT2D eigenvalue weighted by Crippen LogP contribution is 2.15. The SMILES string of the molecule is CC(C)c1cc(C(=O)N2C[CH]CC2)[nH]n1. The van der Waals surface area contributed by atoms with E-state index in [9.17, 15) is 4.79 Å². The van der Waals surface area contributed by atoms with Gasteiger partial charge in [-0.15, -0.1) is 0 Å². The van der Waals surface area contributed by atoms with Crippen LogP contribution < -0.4 is 0 Å². The minimum Gasteiger partial charge on any atom is -0.337 e. The normalized spacial score (nSPS) is 16.3. The zero-order valence-electron chi connectivity index (χ0n) is 9.16. The molecule has 0 spiro atoms. The highest BCUT2D eigenvalue weighted by atomic mass is 16.2. The molecule has 4 heteroatoms. The van der Waals surface area contributed by atoms with E-state index in [2.05, 4.69) is 30.5 Å². The summed E-state index contributed by atoms with van der Waals surface area (Å²) in [6, 6.07) is 1.85. The van der Waals surface area contributed by atoms with Gasteiger partial charge >= 0.3 is 0 Å². The summed E-state index contributed by atoms with van der Waals surface area (Å²) >= 11 is 0. The van der Waals surface area contributed by atoms with Crippen LogP contribution in [-0.4, -0.2) is 34.1 Å². The van der Waals surface area contributed by atoms with Crippen molar-refractivity contribution < 1.29 is 4.79 Å². The zero-order valence-corrected chi connectivity index (χ0v) is 9.16. The largest absolute Gasteiger partial charge is 0.337 e. The highest BCUT2D eigenvalue weighted by molar-refractivity contribution is 5.92. The lowest BCUT2D eigenvalue weighted by atomic mass is 10.1. The van der Waals surface area contributed by atoms with Gasteiger partial charge < -0.3 is 4.90 Å². The Balaban J connectivity index is 2.11. The molecule has 1 aliphatic heterocycles. The summed E-state index contributed by atoms with van der Waals surface area (Å²) in [5.41, 5.74) is 1.55. The number of carbonyl (C=O) groups excluding carboxylic acids is 1. The van der Waals surface area contributed by atoms with Gasteiger partial charge in [-0.3, -0.25) is 9.89 Å². The molecular weight excluding hydrogens is 190 g/mol. The number of H-pyrrole nitrogens is 1. The first-order valence-corrected chi connectivity index (χ1v) is 5.34. The fourth-order valence-electron chi connectivity index (χ4n) is 1.68. The van der Waals surface area contributed by atoms with E-state index >= 15 is 0 Å². The Kier molecular flexibility index (Phi) is 2.75. The van der Waals surface area contributed by atoms with Crippen LogP contribution in [0.15, 0.2) is 6.07 Å². The van der Waals surface area contributed by atoms with Crippen LogP contribution >= 0.6 is 0 Å². The predicted molar refractivity (Wildman–Crippen MR) is 57.5 cm³/mol. The first-order valence-electron chi connectivity index (χ1n) is 5.34. The van der Waals surface area contributed by atoms with E-state index in [1.807, 2.05) is 11.0 Å². The lowest BCUT2D eigenvalue weighted by Crippen LogP contribution is -2.27. The maximum atomic E-state index is 11.9. The topological polar surface area (TPSA) is 49.0 Å². The van der Waals surface area contributed by atoms with Crippen molar-refractivity contribution in [1.29, 1.82) is 0 Å². The van der Waals surface area contributed by atoms with E-state index in [0.29, 0.717) is 11.6 Å². The second-order valence-corrected chi connectivity index (χ2v) is 4.19. The van der Waals surface area contributed by atoms with Crippen molar-refractivity contribution in [3.05, 3.63) is 23.9 Å². The molecule has 1 aliphatic rings. The van der Waals surface area contributed by atoms with Crippen molar-refractivity contribution in [3.8, 4) is 0 Å². The molecular formula is C11H16N3O. The Morgan fingerprint density at radius 1 is 1.60 bits per heavy atom. The molecule has 0 atom stereocenters. The van der Waals surface area contributed by atoms with Crippen LogP contribution in [0.1, 0.15) is 42.4 Å². The first-order chi connectivity index (χ1) is 7.18. The number of hydrogen-bond acceptors (Lipinski definition) is 2. The van der Waals surface area contributed by atoms with Crippen molar-refractivity contribution in [2.24, 2.45) is 0 Å². The van der Waals surface area contributed by atoms with Crippen LogP contribution in [-0.2, 0) is 0 Å². The molecule has 2 rings (SSSR count). The smallest absolute Gasteiger partial charge is 0.271 e. The molecule has 1 N–H and O–H groups in total. The van der Waals surface area contributed by atoms with Gasteiger partial charge in [0, 0.05) is 13.1 Å². The Morgan fingerprint density at radius 2 is 2.40 bits per heavy atom. The quantitative estimate of drug-likeness (QED) is 0.798. The molecule has 4 nitrogen and oxygen atoms in total. The second-order valence-electron chi connectivity index (χ2n) is 4.19. The molecule has 81 valence electrons. The zero-order chi connectivity index (χ0) is 10.8. The highest BCUT2D eigenvalue weighted by Gasteiger charge is 2.21. The average molecular weight is 206 g/mol. The molecule has 1 saturated heterocycles. The van der Waals surface area contributed by atoms with Crippen molar-refractivity contribution in [2.75, 3.05) is 13.1 Å². The Morgan fingerprint density at radius 3 is 2.93 bits per heavy atom. The summed E-state index contributed by atoms with van der Waals surface area (Å²) in [5.74, 6) is 0.413. The Hall–Kier alpha value is -1.32. The van der Waals surface area contributed by atoms with Crippen LogP contribution in [0.25, 0.3) is 0 Å². The van der Waals surface area contributed by atoms with Gasteiger partial charge in [-0.1, -0.05) is 13.8 Å². The molecule has 2 heterocycles. The summed E-state index contributed by atoms with van der Waals surface area (Å²) in [6.07, 6.45) is 3.12. The number of amides is 1. The average Bonchev–Trinajstić information content (AvgIpc) is 2.88. The van der Waals surface area contributed by atoms with Crippen molar-refractivity contribution >= 4 is 5.91 Å². The number of rotatable bonds is 2. The van der Waals surface area contributed by atoms with Crippen LogP contribution in [0, 0.1) is 6.42 Å². The molecule has 0 bridgehead atoms. The summed E-state index contributed by atoms with van der Waals surface area (Å²) in [5, 5.41) is 6.93. The summed E-state index contributed by atoms with van der Waals surface area (Å²) in [6.45, 7) is 5.71. The third-order valence-electron chi connectivity index (χ3n) is 2.66. The van der Waals surface area contributed by atoms with Gasteiger partial charge in [-0.05, 0) is 24.8 Å². The van der Waals surface area contributed by atoms with Crippen LogP contribution in [0.5, 0.6) is 0 Å². The molecule has 1 amide bonds. The van der Waals surface area contributed by atoms with Gasteiger partial charge in [0.25, 0.3) is 5.91 Å². The Bertz CT molecular complexity index is 350. The number of nitrogens with one attached hydrogen (secondary N) is 1. The van der Waals surface area contributed by atoms with Crippen molar-refractivity contribution in [2.45, 2.75) is 26.2 Å². The van der Waals surface area contributed by atoms with Gasteiger partial charge in [0.05, 0.1) is 5.69 Å². The maximum Gasteiger partial charge on any atom is 0.271 e. The number of hydrogen-bond donors (Lipinski definition) is 1. The molecule has 15 heavy (non-hydrogen) atoms. The van der Waals surface area contributed by atoms with E-state index in [1.54, 1.807) is 0 Å². The van der Waals surface area contributed by atoms with E-state index in [-0.39, 0.29) is 5.91 Å². The first kappa shape index (κ1) is 10.2. The predicted octanol–water partition coefficient (Wildman–Crippen LogP) is 1.58. The number of aromatic amines is 1. The number of aromatic nitrogens is 2. The molecule has 0 saturated carbocycles. The minimum atomic E-state index is 0.0585. The van der Waals surface area contributed by atoms with Crippen molar-refractivity contribution in [1.82, 2.24) is 15.1 Å². The maximum absolute atomic E-state index is 11.9. The lowest BCUT2D eigenvalue weighted by Gasteiger charge is -2.12. The number of carbonyl (C=O) groups is 1. The molecule has 1 radical (unpaired) electrons. The third kappa shape index (κ3) is 2.03. The molecule has 1 aromatic rings. The van der Waals surface area contributed by atoms with Crippen molar-refractivity contribution in [3.63, 3.8) is 0 Å². The molecule has 1 fully saturated rings. The fraction of sp³-hybridized carbons (Fsp3) is 0.545. The number of likely N-dealkylation sites (tertiary alicyclic amines) is 1. The van der Waals surface area contributed by atoms with Gasteiger partial charge in [-0.2, -0.15) is 5.10 Å². The summed E-state index contributed by atoms with van der Waals surface area (Å²) in [7, 11) is 0. The Labute approximate surface area is 89.7 Å². The fourth-order valence-corrected chi connectivity index (χ4v) is 1.68. The lowest BCUT2D eigenvalue weighted by molar-refractivity contribution is 0.0790. The van der Waals surface area contributed by atoms with Gasteiger partial charge in [0.2, 0.25) is 0 Å². The van der Waals surface area contributed by atoms with E-state index in [0.717, 1.165) is 25.2 Å². The standard InChI is InChI=1S/C11H16N3O/c1-8(2)9-7-10(13-12-9)11(15)14-5-3-4-6-14/h3,7-8H,4-6H2,1-2H3,(H,12,13). The number of nitrogens with zero attached hydrogens (tertiary/aromatic N) is 2. The van der Waals surface area contributed by atoms with Crippen LogP contribution in [0.4, 0.5) is 0 Å². The second kappa shape index (κ2) is 4.04. The summed E-state index contributed by atoms with van der Waals surface area (Å²) < 4.78 is 0. The molecule has 1 aromatic heterocycles. The monoisotopic (exact) mass is 206 g/mol. The summed E-state index contributed by atoms with van der Waals surface area (Å²) in [4.78, 5) is 13.7. The molecule has 0 aliphatic carbocycles. The van der Waals surface area contributed by atoms with Gasteiger partial charge in [-0.25, -0.2) is 0 Å². The van der Waals surface area contributed by atoms with E-state index in [4.69, 9.17) is 0 Å². The molecule has 0 aromatic carbocycles. The minimum absolute atomic E-state index is 0.0585. The van der Waals surface area contributed by atoms with Crippen LogP contribution in [0.3, 0.4) is 0 Å².